The second-order valence-electron chi connectivity index (χ2n) is 5.28. The predicted octanol–water partition coefficient (Wildman–Crippen LogP) is 2.20. The molecule has 0 saturated carbocycles. The molecule has 2 atom stereocenters. The molecule has 0 bridgehead atoms. The number of hydrogen-bond donors (Lipinski definition) is 0. The van der Waals surface area contributed by atoms with Gasteiger partial charge < -0.3 is 0 Å². The lowest BCUT2D eigenvalue weighted by Gasteiger charge is -2.47. The molecule has 0 unspecified atom stereocenters. The average molecular weight is 198 g/mol. The highest BCUT2D eigenvalue weighted by atomic mass is 15.3. The van der Waals surface area contributed by atoms with Gasteiger partial charge in [-0.3, -0.25) is 9.80 Å². The van der Waals surface area contributed by atoms with Gasteiger partial charge in [0.15, 0.2) is 0 Å². The third-order valence-corrected chi connectivity index (χ3v) is 3.41. The van der Waals surface area contributed by atoms with Gasteiger partial charge in [0.25, 0.3) is 0 Å². The van der Waals surface area contributed by atoms with Gasteiger partial charge in [-0.2, -0.15) is 0 Å². The molecule has 1 fully saturated rings. The van der Waals surface area contributed by atoms with Gasteiger partial charge in [-0.25, -0.2) is 0 Å². The Balaban J connectivity index is 2.62. The molecule has 0 aromatic rings. The highest BCUT2D eigenvalue weighted by molar-refractivity contribution is 4.87. The van der Waals surface area contributed by atoms with Crippen LogP contribution in [-0.2, 0) is 0 Å². The Kier molecular flexibility index (Phi) is 3.96. The lowest BCUT2D eigenvalue weighted by Crippen LogP contribution is -2.59. The van der Waals surface area contributed by atoms with Crippen molar-refractivity contribution in [1.29, 1.82) is 0 Å². The fraction of sp³-hybridized carbons (Fsp3) is 1.00. The quantitative estimate of drug-likeness (QED) is 0.671. The van der Waals surface area contributed by atoms with Crippen LogP contribution in [0.25, 0.3) is 0 Å². The van der Waals surface area contributed by atoms with Gasteiger partial charge in [0, 0.05) is 37.3 Å². The number of nitrogens with zero attached hydrogens (tertiary/aromatic N) is 2. The second kappa shape index (κ2) is 4.63. The lowest BCUT2D eigenvalue weighted by atomic mass is 10.0. The fourth-order valence-corrected chi connectivity index (χ4v) is 2.62. The molecule has 0 aromatic carbocycles. The first-order chi connectivity index (χ1) is 6.43. The molecule has 84 valence electrons. The number of piperazine rings is 1. The summed E-state index contributed by atoms with van der Waals surface area (Å²) in [5.41, 5.74) is 0. The zero-order valence-corrected chi connectivity index (χ0v) is 10.6. The van der Waals surface area contributed by atoms with Crippen LogP contribution in [0.4, 0.5) is 0 Å². The molecule has 0 aromatic heterocycles. The summed E-state index contributed by atoms with van der Waals surface area (Å²) in [5.74, 6) is 0. The molecule has 1 saturated heterocycles. The molecule has 2 heteroatoms. The first-order valence-corrected chi connectivity index (χ1v) is 5.95. The molecular weight excluding hydrogens is 172 g/mol. The van der Waals surface area contributed by atoms with E-state index in [2.05, 4.69) is 51.3 Å². The molecule has 0 amide bonds. The lowest BCUT2D eigenvalue weighted by molar-refractivity contribution is 0.00740. The minimum atomic E-state index is 0.682. The third kappa shape index (κ3) is 2.48. The van der Waals surface area contributed by atoms with Crippen LogP contribution in [0.5, 0.6) is 0 Å². The highest BCUT2D eigenvalue weighted by Crippen LogP contribution is 2.19. The Morgan fingerprint density at radius 1 is 0.786 bits per heavy atom. The number of hydrogen-bond acceptors (Lipinski definition) is 2. The van der Waals surface area contributed by atoms with Crippen molar-refractivity contribution in [2.45, 2.75) is 65.7 Å². The molecule has 2 nitrogen and oxygen atoms in total. The van der Waals surface area contributed by atoms with E-state index in [0.29, 0.717) is 24.2 Å². The smallest absolute Gasteiger partial charge is 0.0198 e. The van der Waals surface area contributed by atoms with Crippen LogP contribution in [0.2, 0.25) is 0 Å². The van der Waals surface area contributed by atoms with Crippen molar-refractivity contribution in [3.8, 4) is 0 Å². The van der Waals surface area contributed by atoms with Gasteiger partial charge in [0.2, 0.25) is 0 Å². The monoisotopic (exact) mass is 198 g/mol. The van der Waals surface area contributed by atoms with E-state index in [1.165, 1.54) is 13.1 Å². The van der Waals surface area contributed by atoms with Crippen LogP contribution >= 0.6 is 0 Å². The molecule has 1 aliphatic rings. The summed E-state index contributed by atoms with van der Waals surface area (Å²) in [6, 6.07) is 2.77. The van der Waals surface area contributed by atoms with Crippen LogP contribution in [0.15, 0.2) is 0 Å². The van der Waals surface area contributed by atoms with Gasteiger partial charge >= 0.3 is 0 Å². The van der Waals surface area contributed by atoms with Gasteiger partial charge in [0.1, 0.15) is 0 Å². The summed E-state index contributed by atoms with van der Waals surface area (Å²) in [5, 5.41) is 0. The van der Waals surface area contributed by atoms with E-state index in [0.717, 1.165) is 0 Å². The standard InChI is InChI=1S/C12H26N2/c1-9(2)13-7-12(6)14(10(3)4)8-11(13)5/h9-12H,7-8H2,1-6H3/t11-,12-/m1/s1. The van der Waals surface area contributed by atoms with E-state index in [1.807, 2.05) is 0 Å². The van der Waals surface area contributed by atoms with Crippen LogP contribution < -0.4 is 0 Å². The number of rotatable bonds is 2. The van der Waals surface area contributed by atoms with Crippen LogP contribution in [0.3, 0.4) is 0 Å². The largest absolute Gasteiger partial charge is 0.295 e. The van der Waals surface area contributed by atoms with Crippen molar-refractivity contribution in [2.24, 2.45) is 0 Å². The summed E-state index contributed by atoms with van der Waals surface area (Å²) in [4.78, 5) is 5.23. The van der Waals surface area contributed by atoms with E-state index in [1.54, 1.807) is 0 Å². The van der Waals surface area contributed by atoms with Crippen LogP contribution in [0.1, 0.15) is 41.5 Å². The molecule has 1 heterocycles. The molecular formula is C12H26N2. The van der Waals surface area contributed by atoms with E-state index in [4.69, 9.17) is 0 Å². The zero-order chi connectivity index (χ0) is 10.9. The minimum Gasteiger partial charge on any atom is -0.295 e. The maximum Gasteiger partial charge on any atom is 0.0198 e. The Hall–Kier alpha value is -0.0800. The molecule has 14 heavy (non-hydrogen) atoms. The van der Waals surface area contributed by atoms with Gasteiger partial charge in [-0.05, 0) is 41.5 Å². The maximum absolute atomic E-state index is 2.61. The van der Waals surface area contributed by atoms with Crippen molar-refractivity contribution in [1.82, 2.24) is 9.80 Å². The van der Waals surface area contributed by atoms with E-state index >= 15 is 0 Å². The summed E-state index contributed by atoms with van der Waals surface area (Å²) in [6.45, 7) is 16.3. The molecule has 0 spiro atoms. The predicted molar refractivity (Wildman–Crippen MR) is 62.6 cm³/mol. The van der Waals surface area contributed by atoms with Crippen molar-refractivity contribution < 1.29 is 0 Å². The summed E-state index contributed by atoms with van der Waals surface area (Å²) in [6.07, 6.45) is 0. The first kappa shape index (κ1) is 12.0. The van der Waals surface area contributed by atoms with E-state index in [9.17, 15) is 0 Å². The molecule has 0 radical (unpaired) electrons. The van der Waals surface area contributed by atoms with Crippen LogP contribution in [-0.4, -0.2) is 47.1 Å². The molecule has 0 aliphatic carbocycles. The first-order valence-electron chi connectivity index (χ1n) is 5.95. The van der Waals surface area contributed by atoms with Crippen LogP contribution in [0, 0.1) is 0 Å². The Labute approximate surface area is 89.3 Å². The Morgan fingerprint density at radius 3 is 1.29 bits per heavy atom. The Bertz CT molecular complexity index is 157. The minimum absolute atomic E-state index is 0.682. The second-order valence-corrected chi connectivity index (χ2v) is 5.28. The van der Waals surface area contributed by atoms with E-state index < -0.39 is 0 Å². The SMILES string of the molecule is CC(C)N1C[C@@H](C)N(C(C)C)C[C@H]1C. The molecule has 1 aliphatic heterocycles. The summed E-state index contributed by atoms with van der Waals surface area (Å²) in [7, 11) is 0. The van der Waals surface area contributed by atoms with Gasteiger partial charge in [-0.15, -0.1) is 0 Å². The van der Waals surface area contributed by atoms with Crippen molar-refractivity contribution in [3.63, 3.8) is 0 Å². The maximum atomic E-state index is 2.61. The topological polar surface area (TPSA) is 6.48 Å². The van der Waals surface area contributed by atoms with E-state index in [-0.39, 0.29) is 0 Å². The van der Waals surface area contributed by atoms with Crippen molar-refractivity contribution >= 4 is 0 Å². The van der Waals surface area contributed by atoms with Crippen molar-refractivity contribution in [3.05, 3.63) is 0 Å². The normalized spacial score (nSPS) is 31.7. The zero-order valence-electron chi connectivity index (χ0n) is 10.6. The molecule has 0 N–H and O–H groups in total. The summed E-state index contributed by atoms with van der Waals surface area (Å²) < 4.78 is 0. The highest BCUT2D eigenvalue weighted by Gasteiger charge is 2.31. The fourth-order valence-electron chi connectivity index (χ4n) is 2.62. The third-order valence-electron chi connectivity index (χ3n) is 3.41. The Morgan fingerprint density at radius 2 is 1.07 bits per heavy atom. The van der Waals surface area contributed by atoms with Gasteiger partial charge in [-0.1, -0.05) is 0 Å². The molecule has 1 rings (SSSR count). The van der Waals surface area contributed by atoms with Gasteiger partial charge in [0.05, 0.1) is 0 Å². The van der Waals surface area contributed by atoms with Crippen molar-refractivity contribution in [2.75, 3.05) is 13.1 Å². The average Bonchev–Trinajstić information content (AvgIpc) is 2.07. The summed E-state index contributed by atoms with van der Waals surface area (Å²) >= 11 is 0.